The summed E-state index contributed by atoms with van der Waals surface area (Å²) >= 11 is 0. The molecule has 1 fully saturated rings. The van der Waals surface area contributed by atoms with E-state index in [2.05, 4.69) is 0 Å². The Kier molecular flexibility index (Phi) is 5.20. The van der Waals surface area contributed by atoms with Gasteiger partial charge in [-0.3, -0.25) is 14.5 Å². The molecule has 0 spiro atoms. The van der Waals surface area contributed by atoms with E-state index < -0.39 is 6.04 Å². The molecular formula is C24H22N2O2. The van der Waals surface area contributed by atoms with Gasteiger partial charge in [-0.2, -0.15) is 0 Å². The zero-order chi connectivity index (χ0) is 19.3. The number of carbonyl (C=O) groups is 2. The van der Waals surface area contributed by atoms with Gasteiger partial charge in [-0.1, -0.05) is 66.7 Å². The van der Waals surface area contributed by atoms with E-state index in [1.54, 1.807) is 9.80 Å². The second kappa shape index (κ2) is 8.09. The van der Waals surface area contributed by atoms with Crippen molar-refractivity contribution in [3.05, 3.63) is 96.6 Å². The number of hydrogen-bond acceptors (Lipinski definition) is 2. The molecule has 0 aliphatic carbocycles. The zero-order valence-corrected chi connectivity index (χ0v) is 15.6. The number of amides is 2. The van der Waals surface area contributed by atoms with Crippen LogP contribution in [-0.2, 0) is 16.1 Å². The largest absolute Gasteiger partial charge is 0.306 e. The van der Waals surface area contributed by atoms with Crippen molar-refractivity contribution in [2.75, 3.05) is 9.80 Å². The minimum Gasteiger partial charge on any atom is -0.306 e. The molecule has 0 aromatic heterocycles. The number of nitrogens with zero attached hydrogens (tertiary/aromatic N) is 2. The van der Waals surface area contributed by atoms with Crippen molar-refractivity contribution >= 4 is 23.2 Å². The quantitative estimate of drug-likeness (QED) is 0.667. The van der Waals surface area contributed by atoms with Crippen LogP contribution in [0.25, 0.3) is 0 Å². The van der Waals surface area contributed by atoms with Crippen LogP contribution in [0, 0.1) is 0 Å². The monoisotopic (exact) mass is 370 g/mol. The van der Waals surface area contributed by atoms with Crippen molar-refractivity contribution < 1.29 is 9.59 Å². The number of anilines is 2. The highest BCUT2D eigenvalue weighted by atomic mass is 16.2. The SMILES string of the molecule is O=C(C1CCC(=O)N1c1ccccc1)N(Cc1ccccc1)c1ccccc1. The lowest BCUT2D eigenvalue weighted by atomic mass is 10.1. The summed E-state index contributed by atoms with van der Waals surface area (Å²) in [5, 5.41) is 0. The molecule has 28 heavy (non-hydrogen) atoms. The molecule has 3 aromatic rings. The summed E-state index contributed by atoms with van der Waals surface area (Å²) in [6, 6.07) is 28.6. The molecule has 0 bridgehead atoms. The van der Waals surface area contributed by atoms with E-state index in [0.29, 0.717) is 19.4 Å². The van der Waals surface area contributed by atoms with E-state index >= 15 is 0 Å². The maximum absolute atomic E-state index is 13.6. The van der Waals surface area contributed by atoms with Gasteiger partial charge in [-0.05, 0) is 36.2 Å². The summed E-state index contributed by atoms with van der Waals surface area (Å²) in [6.07, 6.45) is 0.921. The van der Waals surface area contributed by atoms with Crippen molar-refractivity contribution in [3.63, 3.8) is 0 Å². The lowest BCUT2D eigenvalue weighted by Crippen LogP contribution is -2.47. The molecule has 1 aliphatic heterocycles. The Bertz CT molecular complexity index is 942. The molecule has 0 radical (unpaired) electrons. The number of rotatable bonds is 5. The fraction of sp³-hybridized carbons (Fsp3) is 0.167. The number of hydrogen-bond donors (Lipinski definition) is 0. The third-order valence-corrected chi connectivity index (χ3v) is 5.05. The molecule has 140 valence electrons. The predicted octanol–water partition coefficient (Wildman–Crippen LogP) is 4.42. The Morgan fingerprint density at radius 3 is 2.07 bits per heavy atom. The molecule has 0 saturated carbocycles. The minimum atomic E-state index is -0.487. The zero-order valence-electron chi connectivity index (χ0n) is 15.6. The molecule has 2 amide bonds. The van der Waals surface area contributed by atoms with Gasteiger partial charge in [0, 0.05) is 17.8 Å². The van der Waals surface area contributed by atoms with Gasteiger partial charge in [0.25, 0.3) is 0 Å². The summed E-state index contributed by atoms with van der Waals surface area (Å²) in [5.74, 6) is -0.0537. The van der Waals surface area contributed by atoms with Crippen molar-refractivity contribution in [1.29, 1.82) is 0 Å². The van der Waals surface area contributed by atoms with Gasteiger partial charge in [-0.15, -0.1) is 0 Å². The van der Waals surface area contributed by atoms with Crippen molar-refractivity contribution in [2.45, 2.75) is 25.4 Å². The molecule has 4 rings (SSSR count). The van der Waals surface area contributed by atoms with E-state index in [1.807, 2.05) is 91.0 Å². The lowest BCUT2D eigenvalue weighted by molar-refractivity contribution is -0.122. The first-order valence-electron chi connectivity index (χ1n) is 9.51. The fourth-order valence-electron chi connectivity index (χ4n) is 3.68. The van der Waals surface area contributed by atoms with Crippen LogP contribution in [-0.4, -0.2) is 17.9 Å². The average molecular weight is 370 g/mol. The van der Waals surface area contributed by atoms with E-state index in [9.17, 15) is 9.59 Å². The molecule has 1 atom stereocenters. The summed E-state index contributed by atoms with van der Waals surface area (Å²) in [7, 11) is 0. The van der Waals surface area contributed by atoms with Gasteiger partial charge in [0.15, 0.2) is 0 Å². The topological polar surface area (TPSA) is 40.6 Å². The van der Waals surface area contributed by atoms with Crippen LogP contribution in [0.1, 0.15) is 18.4 Å². The van der Waals surface area contributed by atoms with Gasteiger partial charge < -0.3 is 4.90 Å². The number of benzene rings is 3. The van der Waals surface area contributed by atoms with Crippen LogP contribution >= 0.6 is 0 Å². The van der Waals surface area contributed by atoms with Gasteiger partial charge in [0.2, 0.25) is 11.8 Å². The third-order valence-electron chi connectivity index (χ3n) is 5.05. The molecule has 1 heterocycles. The Hall–Kier alpha value is -3.40. The van der Waals surface area contributed by atoms with Gasteiger partial charge in [0.1, 0.15) is 6.04 Å². The first-order valence-corrected chi connectivity index (χ1v) is 9.51. The Balaban J connectivity index is 1.67. The molecule has 1 saturated heterocycles. The highest BCUT2D eigenvalue weighted by molar-refractivity contribution is 6.08. The van der Waals surface area contributed by atoms with Crippen molar-refractivity contribution in [2.24, 2.45) is 0 Å². The number of para-hydroxylation sites is 2. The standard InChI is InChI=1S/C24H22N2O2/c27-23-17-16-22(26(23)21-14-8-3-9-15-21)24(28)25(20-12-6-2-7-13-20)18-19-10-4-1-5-11-19/h1-15,22H,16-18H2. The minimum absolute atomic E-state index is 0.00253. The second-order valence-electron chi connectivity index (χ2n) is 6.90. The molecular weight excluding hydrogens is 348 g/mol. The smallest absolute Gasteiger partial charge is 0.250 e. The third kappa shape index (κ3) is 3.67. The molecule has 1 aliphatic rings. The summed E-state index contributed by atoms with van der Waals surface area (Å²) < 4.78 is 0. The first kappa shape index (κ1) is 18.0. The van der Waals surface area contributed by atoms with E-state index in [1.165, 1.54) is 0 Å². The fourth-order valence-corrected chi connectivity index (χ4v) is 3.68. The van der Waals surface area contributed by atoms with Crippen LogP contribution in [0.15, 0.2) is 91.0 Å². The highest BCUT2D eigenvalue weighted by Crippen LogP contribution is 2.29. The molecule has 3 aromatic carbocycles. The molecule has 0 N–H and O–H groups in total. The Morgan fingerprint density at radius 2 is 1.43 bits per heavy atom. The van der Waals surface area contributed by atoms with E-state index in [4.69, 9.17) is 0 Å². The maximum Gasteiger partial charge on any atom is 0.250 e. The second-order valence-corrected chi connectivity index (χ2v) is 6.90. The Labute approximate surface area is 165 Å². The van der Waals surface area contributed by atoms with E-state index in [-0.39, 0.29) is 11.8 Å². The predicted molar refractivity (Wildman–Crippen MR) is 111 cm³/mol. The van der Waals surface area contributed by atoms with Crippen molar-refractivity contribution in [3.8, 4) is 0 Å². The average Bonchev–Trinajstić information content (AvgIpc) is 3.15. The van der Waals surface area contributed by atoms with Gasteiger partial charge in [0.05, 0.1) is 6.54 Å². The van der Waals surface area contributed by atoms with Gasteiger partial charge >= 0.3 is 0 Å². The normalized spacial score (nSPS) is 16.2. The van der Waals surface area contributed by atoms with Crippen LogP contribution < -0.4 is 9.80 Å². The molecule has 4 nitrogen and oxygen atoms in total. The summed E-state index contributed by atoms with van der Waals surface area (Å²) in [5.41, 5.74) is 2.66. The van der Waals surface area contributed by atoms with Crippen LogP contribution in [0.4, 0.5) is 11.4 Å². The van der Waals surface area contributed by atoms with Gasteiger partial charge in [-0.25, -0.2) is 0 Å². The van der Waals surface area contributed by atoms with E-state index in [0.717, 1.165) is 16.9 Å². The van der Waals surface area contributed by atoms with Crippen LogP contribution in [0.2, 0.25) is 0 Å². The lowest BCUT2D eigenvalue weighted by Gasteiger charge is -2.30. The maximum atomic E-state index is 13.6. The summed E-state index contributed by atoms with van der Waals surface area (Å²) in [6.45, 7) is 0.469. The van der Waals surface area contributed by atoms with Crippen LogP contribution in [0.3, 0.4) is 0 Å². The molecule has 4 heteroatoms. The highest BCUT2D eigenvalue weighted by Gasteiger charge is 2.39. The Morgan fingerprint density at radius 1 is 0.857 bits per heavy atom. The first-order chi connectivity index (χ1) is 13.7. The molecule has 1 unspecified atom stereocenters. The van der Waals surface area contributed by atoms with Crippen LogP contribution in [0.5, 0.6) is 0 Å². The summed E-state index contributed by atoms with van der Waals surface area (Å²) in [4.78, 5) is 29.6. The number of carbonyl (C=O) groups excluding carboxylic acids is 2. The van der Waals surface area contributed by atoms with Crippen molar-refractivity contribution in [1.82, 2.24) is 0 Å².